The minimum absolute atomic E-state index is 0.229. The number of thiazole rings is 1. The summed E-state index contributed by atoms with van der Waals surface area (Å²) in [6.07, 6.45) is 0. The van der Waals surface area contributed by atoms with Gasteiger partial charge < -0.3 is 19.8 Å². The molecular weight excluding hydrogens is 617 g/mol. The first-order valence-corrected chi connectivity index (χ1v) is 16.3. The number of rotatable bonds is 10. The third kappa shape index (κ3) is 8.25. The molecule has 1 aliphatic rings. The van der Waals surface area contributed by atoms with Crippen molar-refractivity contribution in [2.45, 2.75) is 19.6 Å². The molecule has 2 heterocycles. The first-order chi connectivity index (χ1) is 21.6. The Balaban J connectivity index is 1.15. The van der Waals surface area contributed by atoms with E-state index in [2.05, 4.69) is 26.4 Å². The highest BCUT2D eigenvalue weighted by Gasteiger charge is 2.29. The highest BCUT2D eigenvalue weighted by molar-refractivity contribution is 7.87. The number of hydrogen-bond donors (Lipinski definition) is 3. The predicted molar refractivity (Wildman–Crippen MR) is 171 cm³/mol. The van der Waals surface area contributed by atoms with Crippen LogP contribution < -0.4 is 14.4 Å². The fourth-order valence-electron chi connectivity index (χ4n) is 4.54. The highest BCUT2D eigenvalue weighted by Crippen LogP contribution is 2.26. The van der Waals surface area contributed by atoms with E-state index in [0.717, 1.165) is 28.1 Å². The zero-order valence-electron chi connectivity index (χ0n) is 24.2. The van der Waals surface area contributed by atoms with Gasteiger partial charge in [-0.3, -0.25) is 4.79 Å². The molecule has 3 aromatic carbocycles. The van der Waals surface area contributed by atoms with Gasteiger partial charge in [-0.15, -0.1) is 11.3 Å². The van der Waals surface area contributed by atoms with Crippen LogP contribution in [0.5, 0.6) is 5.75 Å². The molecule has 0 amide bonds. The number of carboxylic acids is 2. The van der Waals surface area contributed by atoms with Crippen molar-refractivity contribution >= 4 is 39.2 Å². The Morgan fingerprint density at radius 1 is 1.00 bits per heavy atom. The predicted octanol–water partition coefficient (Wildman–Crippen LogP) is 3.92. The number of benzene rings is 3. The summed E-state index contributed by atoms with van der Waals surface area (Å²) >= 11 is 1.44. The molecule has 1 fully saturated rings. The summed E-state index contributed by atoms with van der Waals surface area (Å²) in [6, 6.07) is 20.7. The molecule has 1 atom stereocenters. The van der Waals surface area contributed by atoms with Crippen LogP contribution >= 0.6 is 11.3 Å². The standard InChI is InChI=1S/C32H30N4O7S2/c1-22(31(37)38)34-45(41,42)36-17-15-35(16-18-36)27-12-7-23(8-13-27)9-14-30-33-29(21-44-30)26-3-2-4-28(19-26)43-20-24-5-10-25(11-6-24)32(39)40/h2-8,10-13,19,21-22,34H,15-18,20H2,1H3,(H,37,38)(H,39,40). The van der Waals surface area contributed by atoms with Crippen molar-refractivity contribution < 1.29 is 33.0 Å². The number of nitrogens with one attached hydrogen (secondary N) is 1. The Bertz CT molecular complexity index is 1840. The van der Waals surface area contributed by atoms with E-state index in [1.165, 1.54) is 22.6 Å². The van der Waals surface area contributed by atoms with E-state index in [1.807, 2.05) is 53.9 Å². The van der Waals surface area contributed by atoms with Crippen LogP contribution in [0.15, 0.2) is 78.2 Å². The number of anilines is 1. The first-order valence-electron chi connectivity index (χ1n) is 14.0. The molecule has 45 heavy (non-hydrogen) atoms. The van der Waals surface area contributed by atoms with Gasteiger partial charge in [-0.1, -0.05) is 30.2 Å². The fraction of sp³-hybridized carbons (Fsp3) is 0.219. The number of hydrogen-bond acceptors (Lipinski definition) is 8. The third-order valence-corrected chi connectivity index (χ3v) is 9.52. The third-order valence-electron chi connectivity index (χ3n) is 7.06. The molecular formula is C32H30N4O7S2. The largest absolute Gasteiger partial charge is 0.489 e. The molecule has 1 aromatic heterocycles. The van der Waals surface area contributed by atoms with Crippen molar-refractivity contribution in [3.63, 3.8) is 0 Å². The quantitative estimate of drug-likeness (QED) is 0.218. The summed E-state index contributed by atoms with van der Waals surface area (Å²) in [4.78, 5) is 28.8. The maximum Gasteiger partial charge on any atom is 0.335 e. The van der Waals surface area contributed by atoms with Gasteiger partial charge in [0.1, 0.15) is 18.4 Å². The summed E-state index contributed by atoms with van der Waals surface area (Å²) in [5, 5.41) is 20.7. The molecule has 0 radical (unpaired) electrons. The van der Waals surface area contributed by atoms with Gasteiger partial charge in [-0.05, 0) is 66.9 Å². The SMILES string of the molecule is CC(NS(=O)(=O)N1CCN(c2ccc(C#Cc3nc(-c4cccc(OCc5ccc(C(=O)O)cc5)c4)cs3)cc2)CC1)C(=O)O. The fourth-order valence-corrected chi connectivity index (χ4v) is 6.55. The van der Waals surface area contributed by atoms with Gasteiger partial charge in [-0.2, -0.15) is 17.4 Å². The molecule has 0 spiro atoms. The lowest BCUT2D eigenvalue weighted by atomic mass is 10.1. The summed E-state index contributed by atoms with van der Waals surface area (Å²) in [7, 11) is -3.88. The molecule has 13 heteroatoms. The highest BCUT2D eigenvalue weighted by atomic mass is 32.2. The second-order valence-electron chi connectivity index (χ2n) is 10.2. The number of piperazine rings is 1. The molecule has 0 aliphatic carbocycles. The monoisotopic (exact) mass is 646 g/mol. The summed E-state index contributed by atoms with van der Waals surface area (Å²) < 4.78 is 34.3. The van der Waals surface area contributed by atoms with E-state index in [0.29, 0.717) is 30.5 Å². The second-order valence-corrected chi connectivity index (χ2v) is 12.8. The molecule has 11 nitrogen and oxygen atoms in total. The zero-order valence-corrected chi connectivity index (χ0v) is 25.8. The average Bonchev–Trinajstić information content (AvgIpc) is 3.52. The molecule has 0 saturated carbocycles. The minimum Gasteiger partial charge on any atom is -0.489 e. The molecule has 0 bridgehead atoms. The van der Waals surface area contributed by atoms with Crippen LogP contribution in [0.3, 0.4) is 0 Å². The first kappa shape index (κ1) is 31.7. The van der Waals surface area contributed by atoms with Crippen molar-refractivity contribution in [3.8, 4) is 28.8 Å². The van der Waals surface area contributed by atoms with Crippen molar-refractivity contribution in [1.29, 1.82) is 0 Å². The lowest BCUT2D eigenvalue weighted by Gasteiger charge is -2.35. The zero-order chi connectivity index (χ0) is 32.0. The van der Waals surface area contributed by atoms with Crippen LogP contribution in [0, 0.1) is 11.8 Å². The molecule has 1 aliphatic heterocycles. The molecule has 5 rings (SSSR count). The Morgan fingerprint density at radius 3 is 2.38 bits per heavy atom. The number of carbonyl (C=O) groups is 2. The summed E-state index contributed by atoms with van der Waals surface area (Å²) in [5.41, 5.74) is 4.52. The molecule has 1 saturated heterocycles. The average molecular weight is 647 g/mol. The van der Waals surface area contributed by atoms with E-state index in [9.17, 15) is 18.0 Å². The van der Waals surface area contributed by atoms with E-state index in [1.54, 1.807) is 24.3 Å². The number of ether oxygens (including phenoxy) is 1. The van der Waals surface area contributed by atoms with Crippen LogP contribution in [0.2, 0.25) is 0 Å². The van der Waals surface area contributed by atoms with Crippen LogP contribution in [0.1, 0.15) is 33.4 Å². The maximum atomic E-state index is 12.5. The van der Waals surface area contributed by atoms with Crippen molar-refractivity contribution in [2.75, 3.05) is 31.1 Å². The number of aromatic carboxylic acids is 1. The lowest BCUT2D eigenvalue weighted by Crippen LogP contribution is -2.54. The Hall–Kier alpha value is -4.74. The molecule has 3 N–H and O–H groups in total. The van der Waals surface area contributed by atoms with Crippen molar-refractivity contribution in [3.05, 3.63) is 99.9 Å². The van der Waals surface area contributed by atoms with Crippen LogP contribution in [0.4, 0.5) is 5.69 Å². The number of aliphatic carboxylic acids is 1. The van der Waals surface area contributed by atoms with E-state index in [-0.39, 0.29) is 18.7 Å². The van der Waals surface area contributed by atoms with Crippen molar-refractivity contribution in [1.82, 2.24) is 14.0 Å². The van der Waals surface area contributed by atoms with Gasteiger partial charge in [0.05, 0.1) is 11.3 Å². The van der Waals surface area contributed by atoms with Crippen molar-refractivity contribution in [2.24, 2.45) is 0 Å². The van der Waals surface area contributed by atoms with Crippen LogP contribution in [-0.2, 0) is 21.6 Å². The van der Waals surface area contributed by atoms with Gasteiger partial charge >= 0.3 is 11.9 Å². The summed E-state index contributed by atoms with van der Waals surface area (Å²) in [6.45, 7) is 3.03. The Kier molecular flexibility index (Phi) is 9.80. The minimum atomic E-state index is -3.88. The Labute approximate surface area is 264 Å². The number of aromatic nitrogens is 1. The second kappa shape index (κ2) is 13.9. The molecule has 4 aromatic rings. The molecule has 1 unspecified atom stereocenters. The lowest BCUT2D eigenvalue weighted by molar-refractivity contribution is -0.138. The van der Waals surface area contributed by atoms with Gasteiger partial charge in [0, 0.05) is 48.4 Å². The van der Waals surface area contributed by atoms with Crippen LogP contribution in [0.25, 0.3) is 11.3 Å². The van der Waals surface area contributed by atoms with Gasteiger partial charge in [0.15, 0.2) is 5.01 Å². The normalized spacial score (nSPS) is 14.3. The van der Waals surface area contributed by atoms with E-state index in [4.69, 9.17) is 14.9 Å². The van der Waals surface area contributed by atoms with Gasteiger partial charge in [0.25, 0.3) is 10.2 Å². The van der Waals surface area contributed by atoms with E-state index >= 15 is 0 Å². The Morgan fingerprint density at radius 2 is 1.71 bits per heavy atom. The van der Waals surface area contributed by atoms with Crippen LogP contribution in [-0.4, -0.2) is 72.1 Å². The maximum absolute atomic E-state index is 12.5. The smallest absolute Gasteiger partial charge is 0.335 e. The molecule has 232 valence electrons. The van der Waals surface area contributed by atoms with E-state index < -0.39 is 28.2 Å². The topological polar surface area (TPSA) is 149 Å². The summed E-state index contributed by atoms with van der Waals surface area (Å²) in [5.74, 6) is 4.74. The number of carboxylic acid groups (broad SMARTS) is 2. The number of nitrogens with zero attached hydrogens (tertiary/aromatic N) is 3. The van der Waals surface area contributed by atoms with Gasteiger partial charge in [-0.25, -0.2) is 9.78 Å². The van der Waals surface area contributed by atoms with Gasteiger partial charge in [0.2, 0.25) is 0 Å².